The van der Waals surface area contributed by atoms with Crippen molar-refractivity contribution < 1.29 is 13.3 Å². The largest absolute Gasteiger partial charge is 0.363 e. The van der Waals surface area contributed by atoms with Crippen molar-refractivity contribution >= 4 is 15.8 Å². The van der Waals surface area contributed by atoms with E-state index in [4.69, 9.17) is 6.42 Å². The number of hydrogen-bond donors (Lipinski definition) is 1. The van der Waals surface area contributed by atoms with Crippen LogP contribution < -0.4 is 4.72 Å². The lowest BCUT2D eigenvalue weighted by molar-refractivity contribution is -0.389. The van der Waals surface area contributed by atoms with Gasteiger partial charge in [-0.05, 0) is 22.4 Å². The van der Waals surface area contributed by atoms with Crippen molar-refractivity contribution in [1.82, 2.24) is 9.71 Å². The molecule has 0 aromatic carbocycles. The second-order valence-electron chi connectivity index (χ2n) is 3.74. The summed E-state index contributed by atoms with van der Waals surface area (Å²) in [6.07, 6.45) is 7.40. The van der Waals surface area contributed by atoms with E-state index in [2.05, 4.69) is 15.6 Å². The first kappa shape index (κ1) is 15.1. The topological polar surface area (TPSA) is 102 Å². The Hall–Kier alpha value is -1.98. The fourth-order valence-corrected chi connectivity index (χ4v) is 2.49. The van der Waals surface area contributed by atoms with E-state index in [0.717, 1.165) is 24.8 Å². The lowest BCUT2D eigenvalue weighted by atomic mass is 10.2. The van der Waals surface area contributed by atoms with E-state index in [0.29, 0.717) is 6.42 Å². The highest BCUT2D eigenvalue weighted by atomic mass is 32.2. The Morgan fingerprint density at radius 2 is 2.26 bits per heavy atom. The van der Waals surface area contributed by atoms with Crippen molar-refractivity contribution in [3.8, 4) is 12.3 Å². The fourth-order valence-electron chi connectivity index (χ4n) is 1.36. The summed E-state index contributed by atoms with van der Waals surface area (Å²) in [6, 6.07) is 1.54. The lowest BCUT2D eigenvalue weighted by Gasteiger charge is -2.11. The van der Waals surface area contributed by atoms with E-state index >= 15 is 0 Å². The molecule has 102 valence electrons. The van der Waals surface area contributed by atoms with Crippen LogP contribution >= 0.6 is 0 Å². The Balaban J connectivity index is 2.94. The fraction of sp³-hybridized carbons (Fsp3) is 0.364. The summed E-state index contributed by atoms with van der Waals surface area (Å²) in [5.41, 5.74) is 0. The standard InChI is InChI=1S/C11H13N3O4S/c1-3-5-9(4-2)13-19(17,18)10-6-7-11(12-8-10)14(15)16/h2,6-9,13H,3,5H2,1H3. The van der Waals surface area contributed by atoms with Crippen molar-refractivity contribution in [3.05, 3.63) is 28.4 Å². The highest BCUT2D eigenvalue weighted by Crippen LogP contribution is 2.13. The molecule has 0 fully saturated rings. The highest BCUT2D eigenvalue weighted by molar-refractivity contribution is 7.89. The second-order valence-corrected chi connectivity index (χ2v) is 5.45. The van der Waals surface area contributed by atoms with Crippen LogP contribution in [-0.2, 0) is 10.0 Å². The molecule has 0 aliphatic rings. The molecule has 1 N–H and O–H groups in total. The van der Waals surface area contributed by atoms with Gasteiger partial charge in [-0.2, -0.15) is 4.72 Å². The van der Waals surface area contributed by atoms with Crippen molar-refractivity contribution in [3.63, 3.8) is 0 Å². The zero-order chi connectivity index (χ0) is 14.5. The Morgan fingerprint density at radius 1 is 1.58 bits per heavy atom. The summed E-state index contributed by atoms with van der Waals surface area (Å²) in [6.45, 7) is 1.88. The van der Waals surface area contributed by atoms with E-state index < -0.39 is 26.8 Å². The van der Waals surface area contributed by atoms with Gasteiger partial charge in [0.2, 0.25) is 10.0 Å². The van der Waals surface area contributed by atoms with Crippen LogP contribution in [0.3, 0.4) is 0 Å². The van der Waals surface area contributed by atoms with Gasteiger partial charge in [-0.1, -0.05) is 19.3 Å². The average molecular weight is 283 g/mol. The first-order chi connectivity index (χ1) is 8.90. The maximum Gasteiger partial charge on any atom is 0.363 e. The van der Waals surface area contributed by atoms with E-state index in [1.807, 2.05) is 6.92 Å². The predicted octanol–water partition coefficient (Wildman–Crippen LogP) is 1.07. The smallest absolute Gasteiger partial charge is 0.358 e. The molecule has 1 aromatic heterocycles. The summed E-state index contributed by atoms with van der Waals surface area (Å²) in [5, 5.41) is 10.4. The third-order valence-electron chi connectivity index (χ3n) is 2.29. The molecule has 0 aliphatic heterocycles. The van der Waals surface area contributed by atoms with Gasteiger partial charge >= 0.3 is 5.82 Å². The van der Waals surface area contributed by atoms with E-state index in [9.17, 15) is 18.5 Å². The third kappa shape index (κ3) is 4.01. The predicted molar refractivity (Wildman–Crippen MR) is 68.7 cm³/mol. The molecule has 1 heterocycles. The number of terminal acetylenes is 1. The number of nitrogens with zero attached hydrogens (tertiary/aromatic N) is 2. The molecule has 1 rings (SSSR count). The number of nitro groups is 1. The summed E-state index contributed by atoms with van der Waals surface area (Å²) < 4.78 is 26.2. The molecular weight excluding hydrogens is 270 g/mol. The molecule has 0 radical (unpaired) electrons. The van der Waals surface area contributed by atoms with Crippen LogP contribution in [-0.4, -0.2) is 24.4 Å². The molecule has 0 spiro atoms. The van der Waals surface area contributed by atoms with Crippen molar-refractivity contribution in [2.75, 3.05) is 0 Å². The monoisotopic (exact) mass is 283 g/mol. The summed E-state index contributed by atoms with van der Waals surface area (Å²) in [7, 11) is -3.81. The maximum atomic E-state index is 11.9. The molecule has 0 aliphatic carbocycles. The number of hydrogen-bond acceptors (Lipinski definition) is 5. The minimum Gasteiger partial charge on any atom is -0.358 e. The van der Waals surface area contributed by atoms with Crippen molar-refractivity contribution in [2.45, 2.75) is 30.7 Å². The van der Waals surface area contributed by atoms with Crippen LogP contribution in [0, 0.1) is 22.5 Å². The van der Waals surface area contributed by atoms with Crippen LogP contribution in [0.4, 0.5) is 5.82 Å². The molecule has 1 unspecified atom stereocenters. The summed E-state index contributed by atoms with van der Waals surface area (Å²) >= 11 is 0. The third-order valence-corrected chi connectivity index (χ3v) is 3.75. The van der Waals surface area contributed by atoms with Crippen molar-refractivity contribution in [2.24, 2.45) is 0 Å². The molecule has 1 aromatic rings. The molecule has 8 heteroatoms. The van der Waals surface area contributed by atoms with Gasteiger partial charge in [-0.15, -0.1) is 6.42 Å². The van der Waals surface area contributed by atoms with E-state index in [1.165, 1.54) is 0 Å². The Bertz CT molecular complexity index is 589. The number of rotatable bonds is 6. The van der Waals surface area contributed by atoms with Crippen LogP contribution in [0.1, 0.15) is 19.8 Å². The van der Waals surface area contributed by atoms with Gasteiger partial charge in [0.25, 0.3) is 0 Å². The van der Waals surface area contributed by atoms with Gasteiger partial charge in [-0.3, -0.25) is 0 Å². The Morgan fingerprint density at radius 3 is 2.68 bits per heavy atom. The Kier molecular flexibility index (Phi) is 4.97. The molecule has 19 heavy (non-hydrogen) atoms. The first-order valence-electron chi connectivity index (χ1n) is 5.49. The van der Waals surface area contributed by atoms with Gasteiger partial charge in [0, 0.05) is 6.07 Å². The van der Waals surface area contributed by atoms with Gasteiger partial charge in [0.15, 0.2) is 6.20 Å². The minimum absolute atomic E-state index is 0.158. The van der Waals surface area contributed by atoms with Gasteiger partial charge in [0.05, 0.1) is 6.04 Å². The molecule has 0 amide bonds. The number of aromatic nitrogens is 1. The maximum absolute atomic E-state index is 11.9. The number of nitrogens with one attached hydrogen (secondary N) is 1. The van der Waals surface area contributed by atoms with Gasteiger partial charge in [0.1, 0.15) is 4.90 Å². The van der Waals surface area contributed by atoms with Crippen LogP contribution in [0.25, 0.3) is 0 Å². The molecule has 0 saturated heterocycles. The van der Waals surface area contributed by atoms with Gasteiger partial charge in [-0.25, -0.2) is 8.42 Å². The zero-order valence-corrected chi connectivity index (χ0v) is 11.1. The first-order valence-corrected chi connectivity index (χ1v) is 6.98. The van der Waals surface area contributed by atoms with Crippen LogP contribution in [0.5, 0.6) is 0 Å². The highest BCUT2D eigenvalue weighted by Gasteiger charge is 2.21. The SMILES string of the molecule is C#CC(CCC)NS(=O)(=O)c1ccc([N+](=O)[O-])nc1. The van der Waals surface area contributed by atoms with E-state index in [-0.39, 0.29) is 4.90 Å². The molecule has 0 bridgehead atoms. The minimum atomic E-state index is -3.81. The normalized spacial score (nSPS) is 12.6. The van der Waals surface area contributed by atoms with E-state index in [1.54, 1.807) is 0 Å². The molecule has 0 saturated carbocycles. The summed E-state index contributed by atoms with van der Waals surface area (Å²) in [5.74, 6) is 1.92. The number of sulfonamides is 1. The molecular formula is C11H13N3O4S. The summed E-state index contributed by atoms with van der Waals surface area (Å²) in [4.78, 5) is 13.0. The second kappa shape index (κ2) is 6.26. The Labute approximate surface area is 111 Å². The van der Waals surface area contributed by atoms with Crippen molar-refractivity contribution in [1.29, 1.82) is 0 Å². The van der Waals surface area contributed by atoms with Crippen LogP contribution in [0.15, 0.2) is 23.2 Å². The van der Waals surface area contributed by atoms with Gasteiger partial charge < -0.3 is 10.1 Å². The van der Waals surface area contributed by atoms with Crippen LogP contribution in [0.2, 0.25) is 0 Å². The zero-order valence-electron chi connectivity index (χ0n) is 10.2. The molecule has 7 nitrogen and oxygen atoms in total. The molecule has 1 atom stereocenters. The lowest BCUT2D eigenvalue weighted by Crippen LogP contribution is -2.33. The number of pyridine rings is 1. The quantitative estimate of drug-likeness (QED) is 0.478. The average Bonchev–Trinajstić information content (AvgIpc) is 2.38.